The average Bonchev–Trinajstić information content (AvgIpc) is 3.33. The van der Waals surface area contributed by atoms with Crippen molar-refractivity contribution in [3.63, 3.8) is 0 Å². The van der Waals surface area contributed by atoms with E-state index in [4.69, 9.17) is 9.97 Å². The number of imidazole rings is 1. The predicted octanol–water partition coefficient (Wildman–Crippen LogP) is 3.41. The van der Waals surface area contributed by atoms with E-state index >= 15 is 0 Å². The van der Waals surface area contributed by atoms with Crippen molar-refractivity contribution in [2.24, 2.45) is 0 Å². The standard InChI is InChI=1S/C25H28F2N8O/c1-25(2,36)13-18-12-20-21(14-30-18)31-22(33-24-28-5-6-29-24)23(32-20)35-9-7-34(8-10-35)15-16-3-4-17(26)11-19(16)27/h3-6,11-12,14,36H,7-10,13,15H2,1-2H3,(H2,28,29,31,33). The van der Waals surface area contributed by atoms with Gasteiger partial charge in [0.1, 0.15) is 17.2 Å². The number of H-pyrrole nitrogens is 1. The molecular weight excluding hydrogens is 466 g/mol. The van der Waals surface area contributed by atoms with Crippen LogP contribution in [0, 0.1) is 11.6 Å². The summed E-state index contributed by atoms with van der Waals surface area (Å²) in [5.74, 6) is 0.660. The van der Waals surface area contributed by atoms with Gasteiger partial charge in [-0.2, -0.15) is 0 Å². The van der Waals surface area contributed by atoms with Crippen LogP contribution in [0.5, 0.6) is 0 Å². The van der Waals surface area contributed by atoms with Crippen LogP contribution in [0.4, 0.5) is 26.4 Å². The molecule has 0 amide bonds. The maximum Gasteiger partial charge on any atom is 0.205 e. The second-order valence-electron chi connectivity index (χ2n) is 9.61. The van der Waals surface area contributed by atoms with E-state index in [1.54, 1.807) is 32.4 Å². The van der Waals surface area contributed by atoms with Gasteiger partial charge in [-0.25, -0.2) is 23.7 Å². The maximum atomic E-state index is 14.1. The summed E-state index contributed by atoms with van der Waals surface area (Å²) in [6, 6.07) is 5.56. The number of benzene rings is 1. The Labute approximate surface area is 207 Å². The van der Waals surface area contributed by atoms with Crippen molar-refractivity contribution >= 4 is 28.6 Å². The summed E-state index contributed by atoms with van der Waals surface area (Å²) in [7, 11) is 0. The van der Waals surface area contributed by atoms with Crippen LogP contribution < -0.4 is 10.2 Å². The van der Waals surface area contributed by atoms with Gasteiger partial charge in [0, 0.05) is 68.9 Å². The average molecular weight is 495 g/mol. The van der Waals surface area contributed by atoms with Crippen LogP contribution in [0.1, 0.15) is 25.1 Å². The molecule has 1 aromatic carbocycles. The highest BCUT2D eigenvalue weighted by Gasteiger charge is 2.24. The van der Waals surface area contributed by atoms with Crippen molar-refractivity contribution in [3.05, 3.63) is 65.7 Å². The van der Waals surface area contributed by atoms with Gasteiger partial charge in [-0.15, -0.1) is 0 Å². The molecule has 0 atom stereocenters. The Balaban J connectivity index is 1.39. The van der Waals surface area contributed by atoms with E-state index in [-0.39, 0.29) is 0 Å². The fraction of sp³-hybridized carbons (Fsp3) is 0.360. The molecule has 1 saturated heterocycles. The third-order valence-electron chi connectivity index (χ3n) is 6.02. The number of pyridine rings is 1. The number of aromatic amines is 1. The van der Waals surface area contributed by atoms with Crippen LogP contribution in [0.2, 0.25) is 0 Å². The fourth-order valence-corrected chi connectivity index (χ4v) is 4.29. The van der Waals surface area contributed by atoms with Gasteiger partial charge in [-0.3, -0.25) is 9.88 Å². The predicted molar refractivity (Wildman–Crippen MR) is 133 cm³/mol. The number of piperazine rings is 1. The number of nitrogens with zero attached hydrogens (tertiary/aromatic N) is 6. The molecule has 3 aromatic heterocycles. The van der Waals surface area contributed by atoms with Crippen molar-refractivity contribution < 1.29 is 13.9 Å². The number of anilines is 3. The maximum absolute atomic E-state index is 14.1. The Morgan fingerprint density at radius 1 is 1.06 bits per heavy atom. The molecule has 0 aliphatic carbocycles. The van der Waals surface area contributed by atoms with Gasteiger partial charge in [-0.05, 0) is 26.0 Å². The van der Waals surface area contributed by atoms with Crippen molar-refractivity contribution in [1.82, 2.24) is 29.8 Å². The molecule has 188 valence electrons. The monoisotopic (exact) mass is 494 g/mol. The molecule has 1 aliphatic rings. The number of halogens is 2. The molecule has 9 nitrogen and oxygen atoms in total. The first-order valence-corrected chi connectivity index (χ1v) is 11.8. The Kier molecular flexibility index (Phi) is 6.50. The molecule has 4 aromatic rings. The summed E-state index contributed by atoms with van der Waals surface area (Å²) in [5, 5.41) is 13.4. The lowest BCUT2D eigenvalue weighted by atomic mass is 10.0. The molecule has 0 spiro atoms. The van der Waals surface area contributed by atoms with E-state index < -0.39 is 17.2 Å². The smallest absolute Gasteiger partial charge is 0.205 e. The summed E-state index contributed by atoms with van der Waals surface area (Å²) in [4.78, 5) is 25.7. The zero-order chi connectivity index (χ0) is 25.3. The first-order valence-electron chi connectivity index (χ1n) is 11.8. The summed E-state index contributed by atoms with van der Waals surface area (Å²) >= 11 is 0. The lowest BCUT2D eigenvalue weighted by Gasteiger charge is -2.36. The summed E-state index contributed by atoms with van der Waals surface area (Å²) < 4.78 is 27.4. The van der Waals surface area contributed by atoms with E-state index in [1.807, 2.05) is 6.07 Å². The second kappa shape index (κ2) is 9.75. The van der Waals surface area contributed by atoms with Crippen molar-refractivity contribution in [2.45, 2.75) is 32.4 Å². The van der Waals surface area contributed by atoms with E-state index in [1.165, 1.54) is 12.1 Å². The molecule has 1 aliphatic heterocycles. The zero-order valence-corrected chi connectivity index (χ0v) is 20.2. The third kappa shape index (κ3) is 5.58. The molecule has 4 heterocycles. The van der Waals surface area contributed by atoms with Crippen LogP contribution in [-0.2, 0) is 13.0 Å². The topological polar surface area (TPSA) is 106 Å². The minimum atomic E-state index is -0.891. The Bertz CT molecular complexity index is 1350. The Morgan fingerprint density at radius 3 is 2.56 bits per heavy atom. The quantitative estimate of drug-likeness (QED) is 0.359. The van der Waals surface area contributed by atoms with E-state index in [2.05, 4.69) is 30.1 Å². The van der Waals surface area contributed by atoms with Gasteiger partial charge < -0.3 is 20.3 Å². The molecule has 0 unspecified atom stereocenters. The minimum absolute atomic E-state index is 0.394. The second-order valence-corrected chi connectivity index (χ2v) is 9.61. The first-order chi connectivity index (χ1) is 17.2. The van der Waals surface area contributed by atoms with Crippen LogP contribution in [0.3, 0.4) is 0 Å². The molecule has 0 bridgehead atoms. The molecule has 11 heteroatoms. The van der Waals surface area contributed by atoms with Gasteiger partial charge in [0.15, 0.2) is 11.6 Å². The summed E-state index contributed by atoms with van der Waals surface area (Å²) in [6.45, 7) is 6.54. The first kappa shape index (κ1) is 24.0. The molecule has 3 N–H and O–H groups in total. The molecule has 0 saturated carbocycles. The summed E-state index contributed by atoms with van der Waals surface area (Å²) in [5.41, 5.74) is 1.62. The minimum Gasteiger partial charge on any atom is -0.390 e. The van der Waals surface area contributed by atoms with Crippen LogP contribution in [0.25, 0.3) is 11.0 Å². The lowest BCUT2D eigenvalue weighted by molar-refractivity contribution is 0.0800. The van der Waals surface area contributed by atoms with Crippen molar-refractivity contribution in [1.29, 1.82) is 0 Å². The number of aromatic nitrogens is 5. The fourth-order valence-electron chi connectivity index (χ4n) is 4.29. The number of hydrogen-bond acceptors (Lipinski definition) is 8. The van der Waals surface area contributed by atoms with Gasteiger partial charge in [0.05, 0.1) is 17.3 Å². The van der Waals surface area contributed by atoms with Crippen LogP contribution in [0.15, 0.2) is 42.9 Å². The van der Waals surface area contributed by atoms with Gasteiger partial charge in [0.2, 0.25) is 5.95 Å². The highest BCUT2D eigenvalue weighted by atomic mass is 19.1. The van der Waals surface area contributed by atoms with Gasteiger partial charge >= 0.3 is 0 Å². The molecule has 1 fully saturated rings. The van der Waals surface area contributed by atoms with Crippen LogP contribution in [-0.4, -0.2) is 66.7 Å². The lowest BCUT2D eigenvalue weighted by Crippen LogP contribution is -2.46. The zero-order valence-electron chi connectivity index (χ0n) is 20.2. The van der Waals surface area contributed by atoms with E-state index in [9.17, 15) is 13.9 Å². The van der Waals surface area contributed by atoms with Crippen molar-refractivity contribution in [3.8, 4) is 0 Å². The SMILES string of the molecule is CC(C)(O)Cc1cc2nc(N3CCN(Cc4ccc(F)cc4F)CC3)c(Nc3ncc[nH]3)nc2cn1. The third-order valence-corrected chi connectivity index (χ3v) is 6.02. The number of rotatable bonds is 7. The Morgan fingerprint density at radius 2 is 1.86 bits per heavy atom. The normalized spacial score (nSPS) is 15.0. The molecule has 36 heavy (non-hydrogen) atoms. The highest BCUT2D eigenvalue weighted by Crippen LogP contribution is 2.28. The number of fused-ring (bicyclic) bond motifs is 1. The number of aliphatic hydroxyl groups is 1. The molecular formula is C25H28F2N8O. The largest absolute Gasteiger partial charge is 0.390 e. The number of nitrogens with one attached hydrogen (secondary N) is 2. The highest BCUT2D eigenvalue weighted by molar-refractivity contribution is 5.81. The van der Waals surface area contributed by atoms with Crippen molar-refractivity contribution in [2.75, 3.05) is 36.4 Å². The molecule has 0 radical (unpaired) electrons. The van der Waals surface area contributed by atoms with Crippen LogP contribution >= 0.6 is 0 Å². The van der Waals surface area contributed by atoms with E-state index in [0.29, 0.717) is 73.3 Å². The molecule has 5 rings (SSSR count). The summed E-state index contributed by atoms with van der Waals surface area (Å²) in [6.07, 6.45) is 5.42. The van der Waals surface area contributed by atoms with Gasteiger partial charge in [0.25, 0.3) is 0 Å². The number of hydrogen-bond donors (Lipinski definition) is 3. The van der Waals surface area contributed by atoms with E-state index in [0.717, 1.165) is 11.8 Å². The Hall–Kier alpha value is -3.70. The van der Waals surface area contributed by atoms with Gasteiger partial charge in [-0.1, -0.05) is 6.07 Å².